The van der Waals surface area contributed by atoms with Gasteiger partial charge in [0.2, 0.25) is 0 Å². The second-order valence-corrected chi connectivity index (χ2v) is 2.99. The number of halogens is 1. The predicted molar refractivity (Wildman–Crippen MR) is 62.7 cm³/mol. The predicted octanol–water partition coefficient (Wildman–Crippen LogP) is 4.08. The molecule has 1 aromatic rings. The fourth-order valence-electron chi connectivity index (χ4n) is 0.977. The summed E-state index contributed by atoms with van der Waals surface area (Å²) in [5, 5.41) is 0. The summed E-state index contributed by atoms with van der Waals surface area (Å²) in [6.07, 6.45) is 0. The van der Waals surface area contributed by atoms with Gasteiger partial charge in [-0.3, -0.25) is 0 Å². The van der Waals surface area contributed by atoms with E-state index in [1.165, 1.54) is 16.7 Å². The molecule has 1 rings (SSSR count). The standard InChI is InChI=1S/C11H14.ClH.H3N/c1-9(2)10(3)11-7-5-4-6-8-11;;/h4-8H,1-3H3;1H;1H3. The summed E-state index contributed by atoms with van der Waals surface area (Å²) in [7, 11) is 0. The van der Waals surface area contributed by atoms with E-state index in [1.807, 2.05) is 6.07 Å². The minimum atomic E-state index is 0. The average Bonchev–Trinajstić information content (AvgIpc) is 2.05. The van der Waals surface area contributed by atoms with E-state index in [-0.39, 0.29) is 18.6 Å². The van der Waals surface area contributed by atoms with Gasteiger partial charge >= 0.3 is 0 Å². The minimum Gasteiger partial charge on any atom is -0.344 e. The number of allylic oxidation sites excluding steroid dienone is 2. The van der Waals surface area contributed by atoms with Crippen LogP contribution in [-0.4, -0.2) is 0 Å². The zero-order valence-corrected chi connectivity index (χ0v) is 9.32. The highest BCUT2D eigenvalue weighted by Crippen LogP contribution is 2.16. The summed E-state index contributed by atoms with van der Waals surface area (Å²) in [5.41, 5.74) is 4.09. The van der Waals surface area contributed by atoms with Crippen molar-refractivity contribution < 1.29 is 0 Å². The molecule has 0 amide bonds. The van der Waals surface area contributed by atoms with Gasteiger partial charge in [0.15, 0.2) is 0 Å². The maximum atomic E-state index is 2.16. The van der Waals surface area contributed by atoms with Crippen molar-refractivity contribution in [3.8, 4) is 0 Å². The number of hydrogen-bond acceptors (Lipinski definition) is 1. The molecular weight excluding hydrogens is 182 g/mol. The first-order valence-electron chi connectivity index (χ1n) is 3.91. The molecule has 0 saturated carbocycles. The van der Waals surface area contributed by atoms with Crippen LogP contribution >= 0.6 is 12.4 Å². The van der Waals surface area contributed by atoms with Crippen LogP contribution in [0.15, 0.2) is 35.9 Å². The maximum absolute atomic E-state index is 2.16. The van der Waals surface area contributed by atoms with Crippen LogP contribution in [0, 0.1) is 0 Å². The van der Waals surface area contributed by atoms with Crippen LogP contribution in [0.2, 0.25) is 0 Å². The third-order valence-electron chi connectivity index (χ3n) is 1.96. The molecule has 0 atom stereocenters. The third-order valence-corrected chi connectivity index (χ3v) is 1.96. The van der Waals surface area contributed by atoms with Crippen molar-refractivity contribution in [3.05, 3.63) is 41.5 Å². The SMILES string of the molecule is CC(C)=C(C)c1ccccc1.Cl.N. The maximum Gasteiger partial charge on any atom is -0.0228 e. The third kappa shape index (κ3) is 4.11. The van der Waals surface area contributed by atoms with Crippen LogP contribution in [0.4, 0.5) is 0 Å². The highest BCUT2D eigenvalue weighted by Gasteiger charge is 1.93. The molecule has 0 heterocycles. The van der Waals surface area contributed by atoms with Crippen LogP contribution in [0.3, 0.4) is 0 Å². The lowest BCUT2D eigenvalue weighted by Crippen LogP contribution is -1.79. The molecule has 0 aliphatic carbocycles. The molecule has 0 bridgehead atoms. The van der Waals surface area contributed by atoms with Gasteiger partial charge in [0, 0.05) is 0 Å². The highest BCUT2D eigenvalue weighted by atomic mass is 35.5. The Kier molecular flexibility index (Phi) is 7.58. The lowest BCUT2D eigenvalue weighted by Gasteiger charge is -2.02. The summed E-state index contributed by atoms with van der Waals surface area (Å²) in [6.45, 7) is 6.44. The normalized spacial score (nSPS) is 7.92. The van der Waals surface area contributed by atoms with E-state index in [0.717, 1.165) is 0 Å². The van der Waals surface area contributed by atoms with Gasteiger partial charge in [-0.05, 0) is 31.9 Å². The van der Waals surface area contributed by atoms with Gasteiger partial charge in [0.25, 0.3) is 0 Å². The van der Waals surface area contributed by atoms with Gasteiger partial charge in [-0.1, -0.05) is 35.9 Å². The number of hydrogen-bond donors (Lipinski definition) is 1. The Morgan fingerprint density at radius 1 is 0.923 bits per heavy atom. The number of benzene rings is 1. The Morgan fingerprint density at radius 3 is 1.77 bits per heavy atom. The summed E-state index contributed by atoms with van der Waals surface area (Å²) >= 11 is 0. The van der Waals surface area contributed by atoms with Crippen LogP contribution in [0.5, 0.6) is 0 Å². The molecule has 13 heavy (non-hydrogen) atoms. The Hall–Kier alpha value is -0.790. The quantitative estimate of drug-likeness (QED) is 0.727. The van der Waals surface area contributed by atoms with Gasteiger partial charge in [-0.25, -0.2) is 0 Å². The van der Waals surface area contributed by atoms with Gasteiger partial charge in [-0.2, -0.15) is 0 Å². The molecule has 2 heteroatoms. The van der Waals surface area contributed by atoms with Crippen molar-refractivity contribution in [2.45, 2.75) is 20.8 Å². The van der Waals surface area contributed by atoms with Gasteiger partial charge in [-0.15, -0.1) is 12.4 Å². The second-order valence-electron chi connectivity index (χ2n) is 2.99. The molecular formula is C11H18ClN. The largest absolute Gasteiger partial charge is 0.344 e. The molecule has 0 aliphatic heterocycles. The molecule has 0 saturated heterocycles. The molecule has 0 fully saturated rings. The average molecular weight is 200 g/mol. The van der Waals surface area contributed by atoms with Crippen LogP contribution in [-0.2, 0) is 0 Å². The summed E-state index contributed by atoms with van der Waals surface area (Å²) < 4.78 is 0. The first-order chi connectivity index (χ1) is 5.22. The molecule has 0 aromatic heterocycles. The van der Waals surface area contributed by atoms with Crippen molar-refractivity contribution in [1.82, 2.24) is 6.15 Å². The first kappa shape index (κ1) is 14.7. The van der Waals surface area contributed by atoms with Crippen molar-refractivity contribution >= 4 is 18.0 Å². The van der Waals surface area contributed by atoms with Crippen molar-refractivity contribution in [3.63, 3.8) is 0 Å². The fraction of sp³-hybridized carbons (Fsp3) is 0.273. The lowest BCUT2D eigenvalue weighted by molar-refractivity contribution is 1.36. The Morgan fingerprint density at radius 2 is 1.38 bits per heavy atom. The molecule has 74 valence electrons. The zero-order chi connectivity index (χ0) is 8.27. The Balaban J connectivity index is 0. The van der Waals surface area contributed by atoms with Crippen LogP contribution < -0.4 is 6.15 Å². The smallest absolute Gasteiger partial charge is 0.0228 e. The molecule has 1 aromatic carbocycles. The monoisotopic (exact) mass is 199 g/mol. The van der Waals surface area contributed by atoms with Crippen LogP contribution in [0.1, 0.15) is 26.3 Å². The van der Waals surface area contributed by atoms with Gasteiger partial charge < -0.3 is 6.15 Å². The summed E-state index contributed by atoms with van der Waals surface area (Å²) in [6, 6.07) is 10.5. The lowest BCUT2D eigenvalue weighted by atomic mass is 10.0. The van der Waals surface area contributed by atoms with Crippen LogP contribution in [0.25, 0.3) is 5.57 Å². The van der Waals surface area contributed by atoms with E-state index in [9.17, 15) is 0 Å². The molecule has 0 unspecified atom stereocenters. The van der Waals surface area contributed by atoms with E-state index in [2.05, 4.69) is 45.0 Å². The fourth-order valence-corrected chi connectivity index (χ4v) is 0.977. The first-order valence-corrected chi connectivity index (χ1v) is 3.91. The van der Waals surface area contributed by atoms with E-state index in [4.69, 9.17) is 0 Å². The van der Waals surface area contributed by atoms with E-state index in [0.29, 0.717) is 0 Å². The van der Waals surface area contributed by atoms with Crippen molar-refractivity contribution in [1.29, 1.82) is 0 Å². The Bertz CT molecular complexity index is 261. The summed E-state index contributed by atoms with van der Waals surface area (Å²) in [4.78, 5) is 0. The highest BCUT2D eigenvalue weighted by molar-refractivity contribution is 5.85. The molecule has 0 spiro atoms. The zero-order valence-electron chi connectivity index (χ0n) is 8.50. The van der Waals surface area contributed by atoms with Gasteiger partial charge in [0.1, 0.15) is 0 Å². The topological polar surface area (TPSA) is 35.0 Å². The van der Waals surface area contributed by atoms with E-state index >= 15 is 0 Å². The molecule has 1 nitrogen and oxygen atoms in total. The number of rotatable bonds is 1. The second kappa shape index (κ2) is 6.70. The molecule has 0 radical (unpaired) electrons. The molecule has 3 N–H and O–H groups in total. The van der Waals surface area contributed by atoms with Gasteiger partial charge in [0.05, 0.1) is 0 Å². The minimum absolute atomic E-state index is 0. The van der Waals surface area contributed by atoms with Crippen molar-refractivity contribution in [2.75, 3.05) is 0 Å². The molecule has 0 aliphatic rings. The van der Waals surface area contributed by atoms with Crippen molar-refractivity contribution in [2.24, 2.45) is 0 Å². The van der Waals surface area contributed by atoms with E-state index in [1.54, 1.807) is 0 Å². The summed E-state index contributed by atoms with van der Waals surface area (Å²) in [5.74, 6) is 0. The Labute approximate surface area is 86.9 Å². The van der Waals surface area contributed by atoms with E-state index < -0.39 is 0 Å².